The molecule has 0 saturated heterocycles. The fraction of sp³-hybridized carbons (Fsp3) is 0.0189. The summed E-state index contributed by atoms with van der Waals surface area (Å²) in [6.45, 7) is 0. The molecule has 0 amide bonds. The molecule has 0 unspecified atom stereocenters. The van der Waals surface area contributed by atoms with Crippen molar-refractivity contribution >= 4 is 87.3 Å². The molecule has 0 bridgehead atoms. The van der Waals surface area contributed by atoms with Crippen molar-refractivity contribution in [2.45, 2.75) is 5.41 Å². The lowest BCUT2D eigenvalue weighted by Crippen LogP contribution is -2.26. The zero-order chi connectivity index (χ0) is 36.1. The number of rotatable bonds is 4. The Morgan fingerprint density at radius 1 is 0.291 bits per heavy atom. The van der Waals surface area contributed by atoms with E-state index in [9.17, 15) is 0 Å². The molecule has 2 aliphatic carbocycles. The summed E-state index contributed by atoms with van der Waals surface area (Å²) in [6.07, 6.45) is 9.14. The maximum Gasteiger partial charge on any atom is 0.0725 e. The van der Waals surface area contributed by atoms with Crippen LogP contribution in [0.3, 0.4) is 0 Å². The van der Waals surface area contributed by atoms with E-state index in [1.54, 1.807) is 0 Å². The molecule has 8 aromatic carbocycles. The molecule has 1 spiro atoms. The van der Waals surface area contributed by atoms with Gasteiger partial charge < -0.3 is 0 Å². The number of hydrogen-bond donors (Lipinski definition) is 0. The van der Waals surface area contributed by atoms with Gasteiger partial charge in [0.05, 0.1) is 5.41 Å². The van der Waals surface area contributed by atoms with Crippen molar-refractivity contribution in [2.24, 2.45) is 0 Å². The molecular formula is C53H32S2. The van der Waals surface area contributed by atoms with Crippen LogP contribution in [0, 0.1) is 0 Å². The quantitative estimate of drug-likeness (QED) is 0.158. The van der Waals surface area contributed by atoms with Crippen LogP contribution in [-0.4, -0.2) is 0 Å². The first-order valence-corrected chi connectivity index (χ1v) is 20.5. The Morgan fingerprint density at radius 3 is 1.15 bits per heavy atom. The molecule has 2 heteroatoms. The molecule has 0 nitrogen and oxygen atoms in total. The molecule has 0 fully saturated rings. The van der Waals surface area contributed by atoms with Crippen molar-refractivity contribution in [2.75, 3.05) is 0 Å². The van der Waals surface area contributed by atoms with E-state index >= 15 is 0 Å². The molecule has 0 aliphatic heterocycles. The molecule has 2 heterocycles. The molecule has 0 N–H and O–H groups in total. The fourth-order valence-electron chi connectivity index (χ4n) is 9.46. The van der Waals surface area contributed by atoms with Crippen molar-refractivity contribution < 1.29 is 0 Å². The van der Waals surface area contributed by atoms with E-state index in [1.165, 1.54) is 107 Å². The second-order valence-corrected chi connectivity index (χ2v) is 17.0. The van der Waals surface area contributed by atoms with E-state index in [4.69, 9.17) is 0 Å². The first kappa shape index (κ1) is 31.1. The van der Waals surface area contributed by atoms with E-state index in [0.717, 1.165) is 0 Å². The maximum absolute atomic E-state index is 2.46. The van der Waals surface area contributed by atoms with Gasteiger partial charge in [0, 0.05) is 40.3 Å². The predicted molar refractivity (Wildman–Crippen MR) is 239 cm³/mol. The summed E-state index contributed by atoms with van der Waals surface area (Å²) in [6, 6.07) is 63.5. The molecule has 55 heavy (non-hydrogen) atoms. The van der Waals surface area contributed by atoms with E-state index in [0.29, 0.717) is 0 Å². The average Bonchev–Trinajstić information content (AvgIpc) is 3.97. The first-order chi connectivity index (χ1) is 27.2. The van der Waals surface area contributed by atoms with Crippen LogP contribution >= 0.6 is 22.7 Å². The number of hydrogen-bond acceptors (Lipinski definition) is 2. The minimum atomic E-state index is -0.408. The topological polar surface area (TPSA) is 0 Å². The SMILES string of the molecule is C(=C\c1ccc2sc3ccccc3c2c1)/c1ccc2c(c1)C1(c3ccccc3-c3ccccc31)c1cc(/C=C/c3ccc4sc5ccccc5c4c3)ccc1-2. The maximum atomic E-state index is 2.46. The molecule has 0 radical (unpaired) electrons. The lowest BCUT2D eigenvalue weighted by molar-refractivity contribution is 0.793. The zero-order valence-corrected chi connectivity index (χ0v) is 31.4. The first-order valence-electron chi connectivity index (χ1n) is 18.9. The summed E-state index contributed by atoms with van der Waals surface area (Å²) in [5.41, 5.74) is 15.2. The lowest BCUT2D eigenvalue weighted by atomic mass is 9.70. The Hall–Kier alpha value is -6.32. The van der Waals surface area contributed by atoms with Gasteiger partial charge in [-0.05, 0) is 115 Å². The van der Waals surface area contributed by atoms with Gasteiger partial charge in [-0.15, -0.1) is 22.7 Å². The minimum absolute atomic E-state index is 0.408. The van der Waals surface area contributed by atoms with Crippen LogP contribution in [0.5, 0.6) is 0 Å². The van der Waals surface area contributed by atoms with Crippen LogP contribution in [0.25, 0.3) is 86.9 Å². The highest BCUT2D eigenvalue weighted by Gasteiger charge is 2.51. The lowest BCUT2D eigenvalue weighted by Gasteiger charge is -2.30. The summed E-state index contributed by atoms with van der Waals surface area (Å²) in [4.78, 5) is 0. The number of benzene rings is 8. The summed E-state index contributed by atoms with van der Waals surface area (Å²) in [5, 5.41) is 5.33. The normalized spacial score (nSPS) is 13.8. The van der Waals surface area contributed by atoms with Gasteiger partial charge in [0.1, 0.15) is 0 Å². The Bertz CT molecular complexity index is 3050. The summed E-state index contributed by atoms with van der Waals surface area (Å²) >= 11 is 3.73. The van der Waals surface area contributed by atoms with Gasteiger partial charge >= 0.3 is 0 Å². The predicted octanol–water partition coefficient (Wildman–Crippen LogP) is 15.1. The van der Waals surface area contributed by atoms with Crippen LogP contribution in [0.1, 0.15) is 44.5 Å². The number of thiophene rings is 2. The van der Waals surface area contributed by atoms with Gasteiger partial charge in [-0.2, -0.15) is 0 Å². The van der Waals surface area contributed by atoms with Crippen molar-refractivity contribution in [1.29, 1.82) is 0 Å². The average molecular weight is 733 g/mol. The van der Waals surface area contributed by atoms with Crippen LogP contribution in [0.4, 0.5) is 0 Å². The van der Waals surface area contributed by atoms with Crippen LogP contribution in [0.15, 0.2) is 170 Å². The highest BCUT2D eigenvalue weighted by Crippen LogP contribution is 2.63. The van der Waals surface area contributed by atoms with Gasteiger partial charge in [-0.3, -0.25) is 0 Å². The summed E-state index contributed by atoms with van der Waals surface area (Å²) in [5.74, 6) is 0. The number of fused-ring (bicyclic) bond motifs is 16. The van der Waals surface area contributed by atoms with Gasteiger partial charge in [-0.1, -0.05) is 146 Å². The highest BCUT2D eigenvalue weighted by atomic mass is 32.1. The van der Waals surface area contributed by atoms with Gasteiger partial charge in [0.15, 0.2) is 0 Å². The van der Waals surface area contributed by atoms with E-state index < -0.39 is 5.41 Å². The van der Waals surface area contributed by atoms with Crippen molar-refractivity contribution in [3.63, 3.8) is 0 Å². The van der Waals surface area contributed by atoms with Gasteiger partial charge in [0.2, 0.25) is 0 Å². The Labute approximate surface area is 327 Å². The van der Waals surface area contributed by atoms with Gasteiger partial charge in [0.25, 0.3) is 0 Å². The molecule has 2 aromatic heterocycles. The summed E-state index contributed by atoms with van der Waals surface area (Å²) in [7, 11) is 0. The molecule has 12 rings (SSSR count). The zero-order valence-electron chi connectivity index (χ0n) is 29.8. The molecular weight excluding hydrogens is 701 g/mol. The summed E-state index contributed by atoms with van der Waals surface area (Å²) < 4.78 is 5.35. The largest absolute Gasteiger partial charge is 0.135 e. The minimum Gasteiger partial charge on any atom is -0.135 e. The van der Waals surface area contributed by atoms with Gasteiger partial charge in [-0.25, -0.2) is 0 Å². The smallest absolute Gasteiger partial charge is 0.0725 e. The van der Waals surface area contributed by atoms with E-state index in [-0.39, 0.29) is 0 Å². The Kier molecular flexibility index (Phi) is 6.69. The Morgan fingerprint density at radius 2 is 0.655 bits per heavy atom. The molecule has 10 aromatic rings. The van der Waals surface area contributed by atoms with E-state index in [2.05, 4.69) is 194 Å². The Balaban J connectivity index is 0.992. The molecule has 0 atom stereocenters. The van der Waals surface area contributed by atoms with Crippen LogP contribution in [-0.2, 0) is 5.41 Å². The van der Waals surface area contributed by atoms with E-state index in [1.807, 2.05) is 22.7 Å². The molecule has 0 saturated carbocycles. The third kappa shape index (κ3) is 4.56. The fourth-order valence-corrected chi connectivity index (χ4v) is 11.6. The van der Waals surface area contributed by atoms with Crippen molar-refractivity contribution in [3.8, 4) is 22.3 Å². The molecule has 2 aliphatic rings. The standard InChI is InChI=1S/C53H32S2/c1-5-13-45-37(9-1)38-10-2-6-14-46(38)53(45)47-31-35(19-17-33-23-27-51-43(29-33)41-11-3-7-15-49(41)54-51)21-25-39(47)40-26-22-36(32-48(40)53)20-18-34-24-28-52-44(30-34)42-12-4-8-16-50(42)55-52/h1-32H/b19-17+,20-18+. The van der Waals surface area contributed by atoms with Crippen molar-refractivity contribution in [3.05, 3.63) is 214 Å². The second-order valence-electron chi connectivity index (χ2n) is 14.8. The van der Waals surface area contributed by atoms with Crippen LogP contribution < -0.4 is 0 Å². The van der Waals surface area contributed by atoms with Crippen molar-refractivity contribution in [1.82, 2.24) is 0 Å². The second kappa shape index (κ2) is 11.8. The van der Waals surface area contributed by atoms with Crippen LogP contribution in [0.2, 0.25) is 0 Å². The molecule has 256 valence electrons. The third-order valence-corrected chi connectivity index (χ3v) is 14.2. The monoisotopic (exact) mass is 732 g/mol. The highest BCUT2D eigenvalue weighted by molar-refractivity contribution is 7.26. The third-order valence-electron chi connectivity index (χ3n) is 11.9.